The Morgan fingerprint density at radius 2 is 2.33 bits per heavy atom. The van der Waals surface area contributed by atoms with Crippen molar-refractivity contribution in [3.05, 3.63) is 46.5 Å². The van der Waals surface area contributed by atoms with E-state index < -0.39 is 0 Å². The molecule has 5 heteroatoms. The smallest absolute Gasteiger partial charge is 0.155 e. The number of halogens is 1. The molecule has 0 saturated carbocycles. The van der Waals surface area contributed by atoms with E-state index in [1.165, 1.54) is 0 Å². The first-order valence-corrected chi connectivity index (χ1v) is 6.51. The van der Waals surface area contributed by atoms with Gasteiger partial charge in [-0.05, 0) is 24.1 Å². The molecular weight excluding hydrogens is 248 g/mol. The topological polar surface area (TPSA) is 56.7 Å². The second kappa shape index (κ2) is 4.71. The van der Waals surface area contributed by atoms with Crippen LogP contribution in [0.2, 0.25) is 5.02 Å². The molecule has 1 aliphatic rings. The summed E-state index contributed by atoms with van der Waals surface area (Å²) in [5.74, 6) is 1.85. The van der Waals surface area contributed by atoms with E-state index in [-0.39, 0.29) is 6.04 Å². The van der Waals surface area contributed by atoms with Gasteiger partial charge < -0.3 is 5.73 Å². The third-order valence-corrected chi connectivity index (χ3v) is 3.44. The molecule has 1 aromatic carbocycles. The van der Waals surface area contributed by atoms with Gasteiger partial charge in [0.25, 0.3) is 0 Å². The molecule has 94 valence electrons. The van der Waals surface area contributed by atoms with Crippen LogP contribution >= 0.6 is 11.6 Å². The molecule has 2 aromatic rings. The van der Waals surface area contributed by atoms with E-state index in [1.807, 2.05) is 28.9 Å². The SMILES string of the molecule is NC1CCn2nc(Cc3cccc(Cl)c3)nc2C1. The first kappa shape index (κ1) is 11.7. The standard InChI is InChI=1S/C13H15ClN4/c14-10-3-1-2-9(6-10)7-12-16-13-8-11(15)4-5-18(13)17-12/h1-3,6,11H,4-5,7-8,15H2. The van der Waals surface area contributed by atoms with Gasteiger partial charge in [0.05, 0.1) is 0 Å². The molecule has 4 nitrogen and oxygen atoms in total. The number of nitrogens with zero attached hydrogens (tertiary/aromatic N) is 3. The molecule has 3 rings (SSSR count). The van der Waals surface area contributed by atoms with Gasteiger partial charge in [0.15, 0.2) is 5.82 Å². The fourth-order valence-electron chi connectivity index (χ4n) is 2.29. The zero-order valence-electron chi connectivity index (χ0n) is 10.0. The van der Waals surface area contributed by atoms with Gasteiger partial charge in [0.2, 0.25) is 0 Å². The lowest BCUT2D eigenvalue weighted by molar-refractivity contribution is 0.432. The van der Waals surface area contributed by atoms with Crippen molar-refractivity contribution in [2.45, 2.75) is 31.8 Å². The van der Waals surface area contributed by atoms with Crippen molar-refractivity contribution in [2.75, 3.05) is 0 Å². The molecule has 0 spiro atoms. The van der Waals surface area contributed by atoms with Crippen LogP contribution in [0.4, 0.5) is 0 Å². The van der Waals surface area contributed by atoms with Gasteiger partial charge in [-0.25, -0.2) is 9.67 Å². The molecule has 0 saturated heterocycles. The zero-order chi connectivity index (χ0) is 12.5. The van der Waals surface area contributed by atoms with Crippen molar-refractivity contribution in [2.24, 2.45) is 5.73 Å². The normalized spacial score (nSPS) is 18.7. The van der Waals surface area contributed by atoms with Gasteiger partial charge in [0.1, 0.15) is 5.82 Å². The number of hydrogen-bond acceptors (Lipinski definition) is 3. The Hall–Kier alpha value is -1.39. The molecule has 1 aliphatic heterocycles. The van der Waals surface area contributed by atoms with Crippen molar-refractivity contribution >= 4 is 11.6 Å². The van der Waals surface area contributed by atoms with Gasteiger partial charge in [-0.3, -0.25) is 0 Å². The van der Waals surface area contributed by atoms with E-state index in [0.717, 1.165) is 48.0 Å². The minimum absolute atomic E-state index is 0.223. The highest BCUT2D eigenvalue weighted by molar-refractivity contribution is 6.30. The van der Waals surface area contributed by atoms with E-state index in [1.54, 1.807) is 0 Å². The Bertz CT molecular complexity index is 564. The Balaban J connectivity index is 1.82. The first-order chi connectivity index (χ1) is 8.70. The molecule has 0 radical (unpaired) electrons. The number of aryl methyl sites for hydroxylation is 1. The van der Waals surface area contributed by atoms with Crippen LogP contribution in [-0.2, 0) is 19.4 Å². The maximum Gasteiger partial charge on any atom is 0.155 e. The lowest BCUT2D eigenvalue weighted by atomic mass is 10.1. The summed E-state index contributed by atoms with van der Waals surface area (Å²) in [5, 5.41) is 5.27. The molecule has 1 unspecified atom stereocenters. The largest absolute Gasteiger partial charge is 0.327 e. The summed E-state index contributed by atoms with van der Waals surface area (Å²) in [7, 11) is 0. The predicted molar refractivity (Wildman–Crippen MR) is 70.6 cm³/mol. The van der Waals surface area contributed by atoms with Crippen LogP contribution < -0.4 is 5.73 Å². The number of nitrogens with two attached hydrogens (primary N) is 1. The molecule has 1 atom stereocenters. The highest BCUT2D eigenvalue weighted by Gasteiger charge is 2.18. The van der Waals surface area contributed by atoms with Crippen LogP contribution in [0.25, 0.3) is 0 Å². The number of hydrogen-bond donors (Lipinski definition) is 1. The Morgan fingerprint density at radius 3 is 3.17 bits per heavy atom. The van der Waals surface area contributed by atoms with Crippen LogP contribution in [0.3, 0.4) is 0 Å². The van der Waals surface area contributed by atoms with Crippen LogP contribution in [0, 0.1) is 0 Å². The van der Waals surface area contributed by atoms with Gasteiger partial charge in [-0.2, -0.15) is 5.10 Å². The number of rotatable bonds is 2. The lowest BCUT2D eigenvalue weighted by Crippen LogP contribution is -2.31. The Morgan fingerprint density at radius 1 is 1.44 bits per heavy atom. The summed E-state index contributed by atoms with van der Waals surface area (Å²) < 4.78 is 1.98. The van der Waals surface area contributed by atoms with E-state index in [9.17, 15) is 0 Å². The van der Waals surface area contributed by atoms with Gasteiger partial charge in [-0.1, -0.05) is 23.7 Å². The zero-order valence-corrected chi connectivity index (χ0v) is 10.8. The summed E-state index contributed by atoms with van der Waals surface area (Å²) in [4.78, 5) is 4.55. The third kappa shape index (κ3) is 2.40. The molecule has 0 aliphatic carbocycles. The average molecular weight is 263 g/mol. The van der Waals surface area contributed by atoms with Crippen molar-refractivity contribution in [3.8, 4) is 0 Å². The molecule has 2 heterocycles. The highest BCUT2D eigenvalue weighted by atomic mass is 35.5. The Kier molecular flexibility index (Phi) is 3.06. The fourth-order valence-corrected chi connectivity index (χ4v) is 2.50. The molecule has 18 heavy (non-hydrogen) atoms. The number of benzene rings is 1. The first-order valence-electron chi connectivity index (χ1n) is 6.13. The summed E-state index contributed by atoms with van der Waals surface area (Å²) >= 11 is 5.97. The number of aromatic nitrogens is 3. The third-order valence-electron chi connectivity index (χ3n) is 3.20. The second-order valence-electron chi connectivity index (χ2n) is 4.73. The van der Waals surface area contributed by atoms with Gasteiger partial charge in [-0.15, -0.1) is 0 Å². The second-order valence-corrected chi connectivity index (χ2v) is 5.16. The summed E-state index contributed by atoms with van der Waals surface area (Å²) in [5.41, 5.74) is 7.07. The maximum absolute atomic E-state index is 5.97. The molecule has 0 bridgehead atoms. The quantitative estimate of drug-likeness (QED) is 0.898. The number of fused-ring (bicyclic) bond motifs is 1. The van der Waals surface area contributed by atoms with E-state index in [4.69, 9.17) is 17.3 Å². The minimum Gasteiger partial charge on any atom is -0.327 e. The predicted octanol–water partition coefficient (Wildman–Crippen LogP) is 1.80. The molecule has 0 fully saturated rings. The molecule has 2 N–H and O–H groups in total. The van der Waals surface area contributed by atoms with Gasteiger partial charge >= 0.3 is 0 Å². The minimum atomic E-state index is 0.223. The van der Waals surface area contributed by atoms with Crippen LogP contribution in [0.15, 0.2) is 24.3 Å². The van der Waals surface area contributed by atoms with Crippen molar-refractivity contribution in [1.29, 1.82) is 0 Å². The van der Waals surface area contributed by atoms with Gasteiger partial charge in [0, 0.05) is 30.5 Å². The van der Waals surface area contributed by atoms with Crippen molar-refractivity contribution in [1.82, 2.24) is 14.8 Å². The highest BCUT2D eigenvalue weighted by Crippen LogP contribution is 2.16. The molecule has 1 aromatic heterocycles. The lowest BCUT2D eigenvalue weighted by Gasteiger charge is -2.17. The van der Waals surface area contributed by atoms with E-state index >= 15 is 0 Å². The molecule has 0 amide bonds. The molecular formula is C13H15ClN4. The van der Waals surface area contributed by atoms with E-state index in [0.29, 0.717) is 0 Å². The van der Waals surface area contributed by atoms with Crippen LogP contribution in [-0.4, -0.2) is 20.8 Å². The maximum atomic E-state index is 5.97. The monoisotopic (exact) mass is 262 g/mol. The van der Waals surface area contributed by atoms with E-state index in [2.05, 4.69) is 10.1 Å². The van der Waals surface area contributed by atoms with Crippen LogP contribution in [0.5, 0.6) is 0 Å². The Labute approximate surface area is 111 Å². The van der Waals surface area contributed by atoms with Crippen molar-refractivity contribution in [3.63, 3.8) is 0 Å². The summed E-state index contributed by atoms with van der Waals surface area (Å²) in [6.45, 7) is 0.874. The average Bonchev–Trinajstić information content (AvgIpc) is 2.70. The van der Waals surface area contributed by atoms with Crippen LogP contribution in [0.1, 0.15) is 23.6 Å². The van der Waals surface area contributed by atoms with Crippen molar-refractivity contribution < 1.29 is 0 Å². The summed E-state index contributed by atoms with van der Waals surface area (Å²) in [6.07, 6.45) is 2.52. The summed E-state index contributed by atoms with van der Waals surface area (Å²) in [6, 6.07) is 8.03. The fraction of sp³-hybridized carbons (Fsp3) is 0.385.